The van der Waals surface area contributed by atoms with Crippen molar-refractivity contribution in [3.63, 3.8) is 0 Å². The standard InChI is InChI=1S/C28H28O9/c1-33-21-14-12-18(13-15-21)16-34-17-22-23(29)24(36-26(30)19-8-4-2-5-9-19)25(28(32)35-22)37-27(31)20-10-6-3-7-11-20/h2-15,22-25,28-29,32H,16-17H2,1H3/t22-,23-,24+,25-,28-/m1/s1. The van der Waals surface area contributed by atoms with E-state index in [0.29, 0.717) is 5.75 Å². The molecule has 0 aliphatic carbocycles. The van der Waals surface area contributed by atoms with Crippen LogP contribution < -0.4 is 4.74 Å². The first-order valence-corrected chi connectivity index (χ1v) is 11.7. The van der Waals surface area contributed by atoms with Crippen molar-refractivity contribution in [1.29, 1.82) is 0 Å². The molecule has 0 amide bonds. The van der Waals surface area contributed by atoms with Gasteiger partial charge in [-0.25, -0.2) is 9.59 Å². The molecule has 0 bridgehead atoms. The number of hydrogen-bond acceptors (Lipinski definition) is 9. The Kier molecular flexibility index (Phi) is 8.86. The van der Waals surface area contributed by atoms with Crippen molar-refractivity contribution in [3.05, 3.63) is 102 Å². The van der Waals surface area contributed by atoms with Crippen LogP contribution in [0.5, 0.6) is 5.75 Å². The van der Waals surface area contributed by atoms with Crippen LogP contribution in [0, 0.1) is 0 Å². The molecule has 0 unspecified atom stereocenters. The summed E-state index contributed by atoms with van der Waals surface area (Å²) in [7, 11) is 1.57. The lowest BCUT2D eigenvalue weighted by molar-refractivity contribution is -0.287. The quantitative estimate of drug-likeness (QED) is 0.420. The summed E-state index contributed by atoms with van der Waals surface area (Å²) in [5, 5.41) is 21.8. The summed E-state index contributed by atoms with van der Waals surface area (Å²) in [6, 6.07) is 23.5. The Labute approximate surface area is 214 Å². The van der Waals surface area contributed by atoms with E-state index in [1.165, 1.54) is 12.1 Å². The second-order valence-corrected chi connectivity index (χ2v) is 8.39. The fourth-order valence-electron chi connectivity index (χ4n) is 3.85. The number of methoxy groups -OCH3 is 1. The number of ether oxygens (including phenoxy) is 5. The van der Waals surface area contributed by atoms with Gasteiger partial charge in [0.05, 0.1) is 31.5 Å². The van der Waals surface area contributed by atoms with E-state index in [2.05, 4.69) is 0 Å². The summed E-state index contributed by atoms with van der Waals surface area (Å²) in [6.45, 7) is 0.0799. The highest BCUT2D eigenvalue weighted by Gasteiger charge is 2.49. The maximum atomic E-state index is 12.8. The lowest BCUT2D eigenvalue weighted by atomic mass is 9.98. The first-order chi connectivity index (χ1) is 18.0. The zero-order valence-electron chi connectivity index (χ0n) is 20.1. The van der Waals surface area contributed by atoms with Crippen molar-refractivity contribution in [3.8, 4) is 5.75 Å². The molecule has 37 heavy (non-hydrogen) atoms. The molecule has 194 valence electrons. The van der Waals surface area contributed by atoms with E-state index in [1.807, 2.05) is 12.1 Å². The lowest BCUT2D eigenvalue weighted by Gasteiger charge is -2.41. The molecule has 0 aromatic heterocycles. The molecule has 1 aliphatic rings. The van der Waals surface area contributed by atoms with Crippen molar-refractivity contribution < 1.29 is 43.5 Å². The topological polar surface area (TPSA) is 121 Å². The molecule has 5 atom stereocenters. The highest BCUT2D eigenvalue weighted by atomic mass is 16.7. The molecule has 0 spiro atoms. The fourth-order valence-corrected chi connectivity index (χ4v) is 3.85. The average molecular weight is 509 g/mol. The molecule has 9 nitrogen and oxygen atoms in total. The first-order valence-electron chi connectivity index (χ1n) is 11.7. The predicted octanol–water partition coefficient (Wildman–Crippen LogP) is 2.74. The normalized spacial score (nSPS) is 23.2. The van der Waals surface area contributed by atoms with Gasteiger partial charge in [0.15, 0.2) is 18.5 Å². The average Bonchev–Trinajstić information content (AvgIpc) is 2.94. The third-order valence-corrected chi connectivity index (χ3v) is 5.85. The van der Waals surface area contributed by atoms with Crippen molar-refractivity contribution in [2.75, 3.05) is 13.7 Å². The zero-order chi connectivity index (χ0) is 26.2. The summed E-state index contributed by atoms with van der Waals surface area (Å²) in [5.74, 6) is -0.815. The van der Waals surface area contributed by atoms with Crippen molar-refractivity contribution in [2.24, 2.45) is 0 Å². The number of benzene rings is 3. The van der Waals surface area contributed by atoms with Crippen LogP contribution in [0.2, 0.25) is 0 Å². The molecule has 1 aliphatic heterocycles. The molecule has 1 saturated heterocycles. The van der Waals surface area contributed by atoms with E-state index in [9.17, 15) is 19.8 Å². The van der Waals surface area contributed by atoms with Crippen LogP contribution in [0.4, 0.5) is 0 Å². The minimum Gasteiger partial charge on any atom is -0.497 e. The Hall–Kier alpha value is -3.76. The summed E-state index contributed by atoms with van der Waals surface area (Å²) < 4.78 is 27.4. The van der Waals surface area contributed by atoms with Crippen LogP contribution in [0.1, 0.15) is 26.3 Å². The van der Waals surface area contributed by atoms with E-state index in [0.717, 1.165) is 5.56 Å². The SMILES string of the molecule is COc1ccc(COC[C@H]2O[C@@H](O)[C@H](OC(=O)c3ccccc3)[C@@H](OC(=O)c3ccccc3)[C@@H]2O)cc1. The molecule has 1 heterocycles. The number of hydrogen-bond donors (Lipinski definition) is 2. The minimum absolute atomic E-state index is 0.122. The van der Waals surface area contributed by atoms with Gasteiger partial charge in [-0.2, -0.15) is 0 Å². The monoisotopic (exact) mass is 508 g/mol. The van der Waals surface area contributed by atoms with Gasteiger partial charge >= 0.3 is 11.9 Å². The Morgan fingerprint density at radius 2 is 1.32 bits per heavy atom. The number of aliphatic hydroxyl groups excluding tert-OH is 2. The van der Waals surface area contributed by atoms with Crippen molar-refractivity contribution >= 4 is 11.9 Å². The maximum absolute atomic E-state index is 12.8. The maximum Gasteiger partial charge on any atom is 0.338 e. The summed E-state index contributed by atoms with van der Waals surface area (Å²) in [5.41, 5.74) is 1.31. The minimum atomic E-state index is -1.68. The van der Waals surface area contributed by atoms with Crippen LogP contribution in [-0.2, 0) is 25.6 Å². The molecule has 3 aromatic carbocycles. The Bertz CT molecular complexity index is 1150. The van der Waals surface area contributed by atoms with Crippen molar-refractivity contribution in [1.82, 2.24) is 0 Å². The zero-order valence-corrected chi connectivity index (χ0v) is 20.1. The van der Waals surface area contributed by atoms with Gasteiger partial charge in [0.2, 0.25) is 0 Å². The molecule has 4 rings (SSSR count). The summed E-state index contributed by atoms with van der Waals surface area (Å²) >= 11 is 0. The van der Waals surface area contributed by atoms with Gasteiger partial charge in [-0.3, -0.25) is 0 Å². The number of esters is 2. The first kappa shape index (κ1) is 26.3. The van der Waals surface area contributed by atoms with Gasteiger partial charge in [-0.15, -0.1) is 0 Å². The second-order valence-electron chi connectivity index (χ2n) is 8.39. The van der Waals surface area contributed by atoms with Crippen LogP contribution in [0.3, 0.4) is 0 Å². The van der Waals surface area contributed by atoms with Gasteiger partial charge in [-0.1, -0.05) is 48.5 Å². The third kappa shape index (κ3) is 6.72. The molecule has 0 radical (unpaired) electrons. The van der Waals surface area contributed by atoms with Crippen LogP contribution in [0.15, 0.2) is 84.9 Å². The Morgan fingerprint density at radius 3 is 1.86 bits per heavy atom. The number of carbonyl (C=O) groups excluding carboxylic acids is 2. The van der Waals surface area contributed by atoms with Gasteiger partial charge < -0.3 is 33.9 Å². The highest BCUT2D eigenvalue weighted by molar-refractivity contribution is 5.90. The van der Waals surface area contributed by atoms with E-state index in [4.69, 9.17) is 23.7 Å². The van der Waals surface area contributed by atoms with Gasteiger partial charge in [0.1, 0.15) is 18.0 Å². The Morgan fingerprint density at radius 1 is 0.784 bits per heavy atom. The molecule has 3 aromatic rings. The second kappa shape index (κ2) is 12.5. The number of aliphatic hydroxyl groups is 2. The van der Waals surface area contributed by atoms with E-state index >= 15 is 0 Å². The van der Waals surface area contributed by atoms with Crippen LogP contribution >= 0.6 is 0 Å². The molecular formula is C28H28O9. The van der Waals surface area contributed by atoms with Gasteiger partial charge in [0.25, 0.3) is 0 Å². The molecular weight excluding hydrogens is 480 g/mol. The van der Waals surface area contributed by atoms with E-state index < -0.39 is 42.6 Å². The predicted molar refractivity (Wildman–Crippen MR) is 131 cm³/mol. The van der Waals surface area contributed by atoms with Gasteiger partial charge in [0, 0.05) is 0 Å². The van der Waals surface area contributed by atoms with Crippen LogP contribution in [-0.4, -0.2) is 66.6 Å². The largest absolute Gasteiger partial charge is 0.497 e. The summed E-state index contributed by atoms with van der Waals surface area (Å²) in [6.07, 6.45) is -7.10. The van der Waals surface area contributed by atoms with Gasteiger partial charge in [-0.05, 0) is 42.0 Å². The fraction of sp³-hybridized carbons (Fsp3) is 0.286. The lowest BCUT2D eigenvalue weighted by Crippen LogP contribution is -2.61. The molecule has 2 N–H and O–H groups in total. The summed E-state index contributed by atoms with van der Waals surface area (Å²) in [4.78, 5) is 25.5. The smallest absolute Gasteiger partial charge is 0.338 e. The molecule has 1 fully saturated rings. The van der Waals surface area contributed by atoms with Crippen molar-refractivity contribution in [2.45, 2.75) is 37.3 Å². The third-order valence-electron chi connectivity index (χ3n) is 5.85. The molecule has 9 heteroatoms. The highest BCUT2D eigenvalue weighted by Crippen LogP contribution is 2.27. The Balaban J connectivity index is 1.47. The number of rotatable bonds is 9. The van der Waals surface area contributed by atoms with Crippen LogP contribution in [0.25, 0.3) is 0 Å². The van der Waals surface area contributed by atoms with E-state index in [-0.39, 0.29) is 24.3 Å². The molecule has 0 saturated carbocycles. The van der Waals surface area contributed by atoms with E-state index in [1.54, 1.807) is 67.8 Å². The number of carbonyl (C=O) groups is 2.